The van der Waals surface area contributed by atoms with E-state index in [2.05, 4.69) is 5.32 Å². The molecule has 1 aromatic rings. The molecule has 0 fully saturated rings. The van der Waals surface area contributed by atoms with Gasteiger partial charge in [0, 0.05) is 6.54 Å². The van der Waals surface area contributed by atoms with E-state index in [1.54, 1.807) is 24.3 Å². The zero-order valence-electron chi connectivity index (χ0n) is 12.2. The van der Waals surface area contributed by atoms with Crippen LogP contribution in [0, 0.1) is 0 Å². The van der Waals surface area contributed by atoms with Crippen LogP contribution in [0.5, 0.6) is 5.75 Å². The highest BCUT2D eigenvalue weighted by molar-refractivity contribution is 5.81. The summed E-state index contributed by atoms with van der Waals surface area (Å²) in [6, 6.07) is 8.94. The molecule has 6 nitrogen and oxygen atoms in total. The molecule has 116 valence electrons. The Balaban J connectivity index is 2.54. The van der Waals surface area contributed by atoms with Gasteiger partial charge < -0.3 is 20.3 Å². The second kappa shape index (κ2) is 7.64. The quantitative estimate of drug-likeness (QED) is 0.669. The Labute approximate surface area is 123 Å². The van der Waals surface area contributed by atoms with Gasteiger partial charge in [-0.15, -0.1) is 0 Å². The number of carbonyl (C=O) groups is 2. The Morgan fingerprint density at radius 3 is 2.48 bits per heavy atom. The van der Waals surface area contributed by atoms with Gasteiger partial charge >= 0.3 is 5.97 Å². The van der Waals surface area contributed by atoms with E-state index in [9.17, 15) is 14.7 Å². The van der Waals surface area contributed by atoms with Gasteiger partial charge in [-0.3, -0.25) is 9.59 Å². The first-order chi connectivity index (χ1) is 9.84. The van der Waals surface area contributed by atoms with E-state index < -0.39 is 24.1 Å². The fraction of sp³-hybridized carbons (Fsp3) is 0.467. The van der Waals surface area contributed by atoms with Gasteiger partial charge in [-0.25, -0.2) is 0 Å². The molecule has 0 spiro atoms. The van der Waals surface area contributed by atoms with Gasteiger partial charge in [0.25, 0.3) is 5.91 Å². The number of carboxylic acid groups (broad SMARTS) is 1. The molecule has 0 heterocycles. The number of carbonyl (C=O) groups excluding carboxylic acids is 1. The molecular weight excluding hydrogens is 274 g/mol. The number of hydrogen-bond donors (Lipinski definition) is 3. The van der Waals surface area contributed by atoms with Crippen molar-refractivity contribution >= 4 is 11.9 Å². The lowest BCUT2D eigenvalue weighted by Gasteiger charge is -2.23. The molecule has 0 saturated carbocycles. The predicted molar refractivity (Wildman–Crippen MR) is 77.0 cm³/mol. The molecule has 1 rings (SSSR count). The van der Waals surface area contributed by atoms with Crippen LogP contribution in [0.1, 0.15) is 26.7 Å². The van der Waals surface area contributed by atoms with E-state index in [4.69, 9.17) is 9.84 Å². The summed E-state index contributed by atoms with van der Waals surface area (Å²) in [5.74, 6) is -0.925. The molecule has 21 heavy (non-hydrogen) atoms. The monoisotopic (exact) mass is 295 g/mol. The Bertz CT molecular complexity index is 472. The Kier molecular flexibility index (Phi) is 6.17. The summed E-state index contributed by atoms with van der Waals surface area (Å²) in [5.41, 5.74) is -1.49. The summed E-state index contributed by atoms with van der Waals surface area (Å²) in [6.07, 6.45) is -0.668. The van der Waals surface area contributed by atoms with Crippen LogP contribution in [-0.4, -0.2) is 40.3 Å². The largest absolute Gasteiger partial charge is 0.481 e. The molecule has 0 aliphatic heterocycles. The Hall–Kier alpha value is -2.08. The third kappa shape index (κ3) is 6.27. The number of hydrogen-bond acceptors (Lipinski definition) is 4. The van der Waals surface area contributed by atoms with E-state index in [0.717, 1.165) is 0 Å². The molecule has 1 amide bonds. The number of rotatable bonds is 8. The van der Waals surface area contributed by atoms with Gasteiger partial charge in [-0.1, -0.05) is 25.1 Å². The number of benzene rings is 1. The summed E-state index contributed by atoms with van der Waals surface area (Å²) < 4.78 is 5.56. The lowest BCUT2D eigenvalue weighted by molar-refractivity contribution is -0.142. The SMILES string of the molecule is CCC(Oc1ccccc1)C(=O)NCC(C)(O)CC(=O)O. The van der Waals surface area contributed by atoms with Crippen molar-refractivity contribution in [1.29, 1.82) is 0 Å². The highest BCUT2D eigenvalue weighted by atomic mass is 16.5. The van der Waals surface area contributed by atoms with E-state index in [0.29, 0.717) is 12.2 Å². The van der Waals surface area contributed by atoms with Crippen molar-refractivity contribution in [1.82, 2.24) is 5.32 Å². The molecule has 0 aliphatic rings. The minimum atomic E-state index is -1.49. The first-order valence-electron chi connectivity index (χ1n) is 6.77. The van der Waals surface area contributed by atoms with Gasteiger partial charge in [0.1, 0.15) is 5.75 Å². The Morgan fingerprint density at radius 2 is 1.95 bits per heavy atom. The summed E-state index contributed by atoms with van der Waals surface area (Å²) in [4.78, 5) is 22.6. The summed E-state index contributed by atoms with van der Waals surface area (Å²) in [7, 11) is 0. The van der Waals surface area contributed by atoms with Crippen molar-refractivity contribution in [3.63, 3.8) is 0 Å². The van der Waals surface area contributed by atoms with Crippen LogP contribution in [0.15, 0.2) is 30.3 Å². The van der Waals surface area contributed by atoms with E-state index >= 15 is 0 Å². The smallest absolute Gasteiger partial charge is 0.306 e. The number of carboxylic acids is 1. The minimum absolute atomic E-state index is 0.146. The zero-order chi connectivity index (χ0) is 15.9. The molecule has 2 atom stereocenters. The van der Waals surface area contributed by atoms with Crippen molar-refractivity contribution in [3.05, 3.63) is 30.3 Å². The number of amides is 1. The fourth-order valence-corrected chi connectivity index (χ4v) is 1.77. The molecule has 3 N–H and O–H groups in total. The predicted octanol–water partition coefficient (Wildman–Crippen LogP) is 1.19. The van der Waals surface area contributed by atoms with Gasteiger partial charge in [0.15, 0.2) is 6.10 Å². The molecular formula is C15H21NO5. The topological polar surface area (TPSA) is 95.9 Å². The zero-order valence-corrected chi connectivity index (χ0v) is 12.2. The van der Waals surface area contributed by atoms with Crippen LogP contribution in [-0.2, 0) is 9.59 Å². The van der Waals surface area contributed by atoms with Crippen LogP contribution < -0.4 is 10.1 Å². The van der Waals surface area contributed by atoms with Gasteiger partial charge in [-0.2, -0.15) is 0 Å². The standard InChI is InChI=1S/C15H21NO5/c1-3-12(21-11-7-5-4-6-8-11)14(19)16-10-15(2,20)9-13(17)18/h4-8,12,20H,3,9-10H2,1-2H3,(H,16,19)(H,17,18). The fourth-order valence-electron chi connectivity index (χ4n) is 1.77. The number of para-hydroxylation sites is 1. The minimum Gasteiger partial charge on any atom is -0.481 e. The maximum atomic E-state index is 12.0. The number of aliphatic hydroxyl groups is 1. The first kappa shape index (κ1) is 17.0. The summed E-state index contributed by atoms with van der Waals surface area (Å²) >= 11 is 0. The van der Waals surface area contributed by atoms with E-state index in [-0.39, 0.29) is 12.5 Å². The average Bonchev–Trinajstić information content (AvgIpc) is 2.42. The molecule has 1 aromatic carbocycles. The molecule has 0 radical (unpaired) electrons. The van der Waals surface area contributed by atoms with Crippen LogP contribution in [0.2, 0.25) is 0 Å². The number of aliphatic carboxylic acids is 1. The molecule has 0 bridgehead atoms. The van der Waals surface area contributed by atoms with Crippen LogP contribution in [0.4, 0.5) is 0 Å². The molecule has 6 heteroatoms. The molecule has 0 saturated heterocycles. The average molecular weight is 295 g/mol. The summed E-state index contributed by atoms with van der Waals surface area (Å²) in [6.45, 7) is 3.02. The third-order valence-corrected chi connectivity index (χ3v) is 2.86. The third-order valence-electron chi connectivity index (χ3n) is 2.86. The van der Waals surface area contributed by atoms with E-state index in [1.807, 2.05) is 13.0 Å². The number of ether oxygens (including phenoxy) is 1. The van der Waals surface area contributed by atoms with Crippen LogP contribution in [0.3, 0.4) is 0 Å². The highest BCUT2D eigenvalue weighted by Gasteiger charge is 2.27. The number of nitrogens with one attached hydrogen (secondary N) is 1. The molecule has 0 aliphatic carbocycles. The Morgan fingerprint density at radius 1 is 1.33 bits per heavy atom. The van der Waals surface area contributed by atoms with Crippen LogP contribution in [0.25, 0.3) is 0 Å². The second-order valence-electron chi connectivity index (χ2n) is 5.11. The van der Waals surface area contributed by atoms with Crippen LogP contribution >= 0.6 is 0 Å². The van der Waals surface area contributed by atoms with Crippen molar-refractivity contribution in [3.8, 4) is 5.75 Å². The van der Waals surface area contributed by atoms with Crippen molar-refractivity contribution in [2.75, 3.05) is 6.54 Å². The maximum Gasteiger partial charge on any atom is 0.306 e. The molecule has 2 unspecified atom stereocenters. The lowest BCUT2D eigenvalue weighted by Crippen LogP contribution is -2.46. The lowest BCUT2D eigenvalue weighted by atomic mass is 10.0. The second-order valence-corrected chi connectivity index (χ2v) is 5.11. The van der Waals surface area contributed by atoms with E-state index in [1.165, 1.54) is 6.92 Å². The highest BCUT2D eigenvalue weighted by Crippen LogP contribution is 2.13. The maximum absolute atomic E-state index is 12.0. The van der Waals surface area contributed by atoms with Gasteiger partial charge in [0.2, 0.25) is 0 Å². The van der Waals surface area contributed by atoms with Crippen molar-refractivity contribution in [2.45, 2.75) is 38.4 Å². The van der Waals surface area contributed by atoms with Gasteiger partial charge in [-0.05, 0) is 25.5 Å². The first-order valence-corrected chi connectivity index (χ1v) is 6.77. The van der Waals surface area contributed by atoms with Crippen molar-refractivity contribution in [2.24, 2.45) is 0 Å². The van der Waals surface area contributed by atoms with Gasteiger partial charge in [0.05, 0.1) is 12.0 Å². The summed E-state index contributed by atoms with van der Waals surface area (Å²) in [5, 5.41) is 21.0. The normalized spacial score (nSPS) is 14.8. The van der Waals surface area contributed by atoms with Crippen molar-refractivity contribution < 1.29 is 24.5 Å². The molecule has 0 aromatic heterocycles.